The molecule has 0 rings (SSSR count). The second kappa shape index (κ2) is 15.0. The van der Waals surface area contributed by atoms with Crippen LogP contribution in [0.2, 0.25) is 0 Å². The molecule has 0 saturated heterocycles. The summed E-state index contributed by atoms with van der Waals surface area (Å²) in [7, 11) is -1.20. The lowest BCUT2D eigenvalue weighted by Gasteiger charge is -2.13. The fourth-order valence-electron chi connectivity index (χ4n) is 0.221. The molecule has 108 valence electrons. The van der Waals surface area contributed by atoms with Gasteiger partial charge in [0.25, 0.3) is 0 Å². The Kier molecular flexibility index (Phi) is 26.2. The Balaban J connectivity index is -0.0000000471. The second-order valence-corrected chi connectivity index (χ2v) is 3.32. The largest absolute Gasteiger partial charge is 0.480 e. The van der Waals surface area contributed by atoms with E-state index in [1.165, 1.54) is 0 Å². The molecule has 0 saturated carbocycles. The third-order valence-corrected chi connectivity index (χ3v) is 1.13. The smallest absolute Gasteiger partial charge is 0.394 e. The van der Waals surface area contributed by atoms with Crippen LogP contribution in [-0.4, -0.2) is 59.1 Å². The van der Waals surface area contributed by atoms with Crippen molar-refractivity contribution in [2.75, 3.05) is 14.1 Å². The number of carboxylic acid groups (broad SMARTS) is 1. The summed E-state index contributed by atoms with van der Waals surface area (Å²) >= 11 is 0. The first-order valence-electron chi connectivity index (χ1n) is 3.64. The van der Waals surface area contributed by atoms with Crippen LogP contribution < -0.4 is 6.15 Å². The van der Waals surface area contributed by atoms with Crippen LogP contribution in [0.1, 0.15) is 6.92 Å². The molecule has 0 heterocycles. The van der Waals surface area contributed by atoms with Crippen molar-refractivity contribution in [2.45, 2.75) is 13.0 Å². The number of carbonyl (C=O) groups is 1. The molecule has 8 N–H and O–H groups in total. The molecule has 0 fully saturated rings. The molecule has 9 nitrogen and oxygen atoms in total. The highest BCUT2D eigenvalue weighted by molar-refractivity contribution is 7.79. The van der Waals surface area contributed by atoms with Gasteiger partial charge in [-0.2, -0.15) is 8.42 Å². The van der Waals surface area contributed by atoms with Gasteiger partial charge in [-0.1, -0.05) is 0 Å². The number of hydrogen-bond donors (Lipinski definition) is 4. The first-order chi connectivity index (χ1) is 6.55. The zero-order valence-electron chi connectivity index (χ0n) is 10.1. The molecular formula is C7H22N2O7S. The average molecular weight is 278 g/mol. The van der Waals surface area contributed by atoms with Crippen LogP contribution in [-0.2, 0) is 15.2 Å². The predicted octanol–water partition coefficient (Wildman–Crippen LogP) is -0.492. The minimum Gasteiger partial charge on any atom is -0.480 e. The molecule has 17 heavy (non-hydrogen) atoms. The van der Waals surface area contributed by atoms with Crippen molar-refractivity contribution in [1.82, 2.24) is 11.1 Å². The number of hydrogen-bond acceptors (Lipinski definition) is 5. The molecular weight excluding hydrogens is 256 g/mol. The summed E-state index contributed by atoms with van der Waals surface area (Å²) in [4.78, 5) is 11.7. The van der Waals surface area contributed by atoms with E-state index in [9.17, 15) is 4.79 Å². The fourth-order valence-corrected chi connectivity index (χ4v) is 0.221. The summed E-state index contributed by atoms with van der Waals surface area (Å²) in [5.74, 6) is -0.782. The number of rotatable bonds is 2. The third kappa shape index (κ3) is 51.9. The first kappa shape index (κ1) is 29.7. The van der Waals surface area contributed by atoms with Crippen molar-refractivity contribution < 1.29 is 32.9 Å². The van der Waals surface area contributed by atoms with E-state index in [0.29, 0.717) is 0 Å². The van der Waals surface area contributed by atoms with Gasteiger partial charge in [0.15, 0.2) is 0 Å². The lowest BCUT2D eigenvalue weighted by Crippen LogP contribution is -2.32. The quantitative estimate of drug-likeness (QED) is 0.385. The van der Waals surface area contributed by atoms with Gasteiger partial charge in [0.1, 0.15) is 6.04 Å². The van der Waals surface area contributed by atoms with Gasteiger partial charge in [-0.3, -0.25) is 18.8 Å². The normalized spacial score (nSPS) is 10.2. The van der Waals surface area contributed by atoms with Gasteiger partial charge < -0.3 is 16.7 Å². The topological polar surface area (TPSA) is 182 Å². The minimum atomic E-state index is -4.67. The standard InChI is InChI=1S/C5H11NO2.C2H4.H3N.H2O4S.H2O/c1-4(5(7)8)6(2)3;1-2;;1-5(2,3)4;/h4H,1-3H3,(H,7,8);1-2H2;1H3;(H2,1,2,3,4);1H2. The highest BCUT2D eigenvalue weighted by Crippen LogP contribution is 1.88. The number of aliphatic carboxylic acids is 1. The highest BCUT2D eigenvalue weighted by atomic mass is 32.3. The van der Waals surface area contributed by atoms with E-state index in [0.717, 1.165) is 0 Å². The second-order valence-electron chi connectivity index (χ2n) is 2.43. The Morgan fingerprint density at radius 2 is 1.41 bits per heavy atom. The van der Waals surface area contributed by atoms with Crippen LogP contribution in [0.3, 0.4) is 0 Å². The molecule has 0 amide bonds. The summed E-state index contributed by atoms with van der Waals surface area (Å²) in [6.07, 6.45) is 0. The molecule has 0 aliphatic carbocycles. The maximum Gasteiger partial charge on any atom is 0.394 e. The molecule has 10 heteroatoms. The van der Waals surface area contributed by atoms with Gasteiger partial charge in [-0.25, -0.2) is 0 Å². The van der Waals surface area contributed by atoms with Crippen molar-refractivity contribution in [3.05, 3.63) is 13.2 Å². The Morgan fingerprint density at radius 1 is 1.24 bits per heavy atom. The van der Waals surface area contributed by atoms with Crippen molar-refractivity contribution in [3.8, 4) is 0 Å². The minimum absolute atomic E-state index is 0. The molecule has 1 unspecified atom stereocenters. The molecule has 0 spiro atoms. The molecule has 0 aliphatic rings. The van der Waals surface area contributed by atoms with Gasteiger partial charge in [0.2, 0.25) is 0 Å². The highest BCUT2D eigenvalue weighted by Gasteiger charge is 2.11. The van der Waals surface area contributed by atoms with E-state index < -0.39 is 16.4 Å². The molecule has 0 bridgehead atoms. The fraction of sp³-hybridized carbons (Fsp3) is 0.571. The summed E-state index contributed by atoms with van der Waals surface area (Å²) in [6.45, 7) is 7.64. The monoisotopic (exact) mass is 278 g/mol. The maximum absolute atomic E-state index is 10.1. The zero-order chi connectivity index (χ0) is 13.2. The van der Waals surface area contributed by atoms with E-state index >= 15 is 0 Å². The number of nitrogens with zero attached hydrogens (tertiary/aromatic N) is 1. The van der Waals surface area contributed by atoms with E-state index in [4.69, 9.17) is 22.6 Å². The van der Waals surface area contributed by atoms with Gasteiger partial charge in [0, 0.05) is 0 Å². The Labute approximate surface area is 101 Å². The van der Waals surface area contributed by atoms with E-state index in [1.54, 1.807) is 25.9 Å². The summed E-state index contributed by atoms with van der Waals surface area (Å²) < 4.78 is 31.6. The SMILES string of the molecule is C=C.CC(C(=O)O)N(C)C.N.O.O=S(=O)(O)O. The lowest BCUT2D eigenvalue weighted by atomic mass is 10.3. The van der Waals surface area contributed by atoms with Crippen molar-refractivity contribution >= 4 is 16.4 Å². The molecule has 0 radical (unpaired) electrons. The van der Waals surface area contributed by atoms with Gasteiger partial charge in [-0.05, 0) is 21.0 Å². The first-order valence-corrected chi connectivity index (χ1v) is 5.04. The summed E-state index contributed by atoms with van der Waals surface area (Å²) in [5.41, 5.74) is 0. The van der Waals surface area contributed by atoms with Crippen LogP contribution in [0.5, 0.6) is 0 Å². The van der Waals surface area contributed by atoms with Crippen LogP contribution in [0, 0.1) is 0 Å². The van der Waals surface area contributed by atoms with Crippen LogP contribution in [0.15, 0.2) is 13.2 Å². The average Bonchev–Trinajstić information content (AvgIpc) is 2.03. The van der Waals surface area contributed by atoms with Gasteiger partial charge in [-0.15, -0.1) is 13.2 Å². The van der Waals surface area contributed by atoms with Crippen LogP contribution in [0.4, 0.5) is 0 Å². The molecule has 1 atom stereocenters. The van der Waals surface area contributed by atoms with Crippen molar-refractivity contribution in [1.29, 1.82) is 0 Å². The molecule has 0 aromatic rings. The zero-order valence-corrected chi connectivity index (χ0v) is 10.9. The molecule has 0 aliphatic heterocycles. The number of likely N-dealkylation sites (N-methyl/N-ethyl adjacent to an activating group) is 1. The lowest BCUT2D eigenvalue weighted by molar-refractivity contribution is -0.141. The Bertz CT molecular complexity index is 257. The molecule has 0 aromatic carbocycles. The van der Waals surface area contributed by atoms with E-state index in [1.807, 2.05) is 0 Å². The van der Waals surface area contributed by atoms with Crippen molar-refractivity contribution in [3.63, 3.8) is 0 Å². The maximum atomic E-state index is 10.1. The third-order valence-electron chi connectivity index (χ3n) is 1.13. The summed E-state index contributed by atoms with van der Waals surface area (Å²) in [5, 5.41) is 8.31. The van der Waals surface area contributed by atoms with Crippen molar-refractivity contribution in [2.24, 2.45) is 0 Å². The van der Waals surface area contributed by atoms with Crippen LogP contribution >= 0.6 is 0 Å². The van der Waals surface area contributed by atoms with Crippen LogP contribution in [0.25, 0.3) is 0 Å². The van der Waals surface area contributed by atoms with Gasteiger partial charge >= 0.3 is 16.4 Å². The summed E-state index contributed by atoms with van der Waals surface area (Å²) in [6, 6.07) is -0.380. The molecule has 0 aromatic heterocycles. The Morgan fingerprint density at radius 3 is 1.41 bits per heavy atom. The predicted molar refractivity (Wildman–Crippen MR) is 64.9 cm³/mol. The number of carboxylic acids is 1. The van der Waals surface area contributed by atoms with E-state index in [-0.39, 0.29) is 17.7 Å². The van der Waals surface area contributed by atoms with Gasteiger partial charge in [0.05, 0.1) is 0 Å². The van der Waals surface area contributed by atoms with E-state index in [2.05, 4.69) is 13.2 Å². The Hall–Kier alpha value is -1.04.